The third-order valence-corrected chi connectivity index (χ3v) is 3.36. The predicted octanol–water partition coefficient (Wildman–Crippen LogP) is 0.522. The molecule has 1 fully saturated rings. The summed E-state index contributed by atoms with van der Waals surface area (Å²) in [5.74, 6) is -1.01. The Morgan fingerprint density at radius 2 is 2.28 bits per heavy atom. The van der Waals surface area contributed by atoms with Crippen LogP contribution in [0.2, 0.25) is 0 Å². The van der Waals surface area contributed by atoms with Crippen molar-refractivity contribution in [1.29, 1.82) is 0 Å². The highest BCUT2D eigenvalue weighted by Gasteiger charge is 2.26. The van der Waals surface area contributed by atoms with E-state index in [4.69, 9.17) is 10.2 Å². The molecule has 0 aliphatic heterocycles. The molecule has 18 heavy (non-hydrogen) atoms. The lowest BCUT2D eigenvalue weighted by atomic mass is 9.91. The number of nitrogens with zero attached hydrogens (tertiary/aromatic N) is 3. The number of aromatic carboxylic acids is 1. The Kier molecular flexibility index (Phi) is 4.22. The molecule has 6 heteroatoms. The molecular weight excluding hydrogens is 234 g/mol. The molecule has 1 heterocycles. The van der Waals surface area contributed by atoms with Crippen molar-refractivity contribution in [3.8, 4) is 0 Å². The summed E-state index contributed by atoms with van der Waals surface area (Å²) in [6.07, 6.45) is 6.09. The maximum Gasteiger partial charge on any atom is 0.339 e. The van der Waals surface area contributed by atoms with E-state index in [1.54, 1.807) is 0 Å². The smallest absolute Gasteiger partial charge is 0.339 e. The number of aliphatic hydroxyl groups is 1. The van der Waals surface area contributed by atoms with Gasteiger partial charge in [-0.25, -0.2) is 14.8 Å². The normalized spacial score (nSPS) is 15.7. The molecule has 0 aromatic carbocycles. The van der Waals surface area contributed by atoms with Crippen LogP contribution in [0.15, 0.2) is 12.5 Å². The van der Waals surface area contributed by atoms with Crippen LogP contribution in [0.3, 0.4) is 0 Å². The minimum atomic E-state index is -1.01. The number of carbonyl (C=O) groups is 1. The number of carboxylic acids is 1. The van der Waals surface area contributed by atoms with Gasteiger partial charge in [0.15, 0.2) is 0 Å². The van der Waals surface area contributed by atoms with E-state index in [9.17, 15) is 4.79 Å². The lowest BCUT2D eigenvalue weighted by Gasteiger charge is -2.37. The highest BCUT2D eigenvalue weighted by atomic mass is 16.4. The molecule has 2 N–H and O–H groups in total. The first kappa shape index (κ1) is 12.9. The van der Waals surface area contributed by atoms with Gasteiger partial charge in [0.2, 0.25) is 0 Å². The quantitative estimate of drug-likeness (QED) is 0.766. The average Bonchev–Trinajstić information content (AvgIpc) is 2.27. The van der Waals surface area contributed by atoms with Crippen molar-refractivity contribution in [1.82, 2.24) is 14.9 Å². The van der Waals surface area contributed by atoms with E-state index in [1.165, 1.54) is 18.9 Å². The van der Waals surface area contributed by atoms with E-state index < -0.39 is 5.97 Å². The van der Waals surface area contributed by atoms with E-state index in [0.29, 0.717) is 24.8 Å². The Morgan fingerprint density at radius 1 is 1.50 bits per heavy atom. The molecule has 0 spiro atoms. The maximum absolute atomic E-state index is 11.1. The Bertz CT molecular complexity index is 421. The number of carboxylic acid groups (broad SMARTS) is 1. The molecule has 0 atom stereocenters. The topological polar surface area (TPSA) is 86.5 Å². The molecule has 0 bridgehead atoms. The first-order valence-corrected chi connectivity index (χ1v) is 6.09. The molecule has 1 saturated carbocycles. The second kappa shape index (κ2) is 5.88. The summed E-state index contributed by atoms with van der Waals surface area (Å²) in [6.45, 7) is 1.08. The van der Waals surface area contributed by atoms with Crippen molar-refractivity contribution in [2.75, 3.05) is 13.2 Å². The van der Waals surface area contributed by atoms with Gasteiger partial charge in [-0.3, -0.25) is 4.90 Å². The standard InChI is InChI=1S/C12H17N3O3/c16-5-4-15(9-2-1-3-9)7-11-10(12(17)18)6-13-8-14-11/h6,8-9,16H,1-5,7H2,(H,17,18). The minimum Gasteiger partial charge on any atom is -0.478 e. The van der Waals surface area contributed by atoms with Crippen LogP contribution < -0.4 is 0 Å². The molecule has 1 aromatic heterocycles. The molecule has 2 rings (SSSR count). The van der Waals surface area contributed by atoms with Crippen molar-refractivity contribution in [3.63, 3.8) is 0 Å². The van der Waals surface area contributed by atoms with Crippen LogP contribution >= 0.6 is 0 Å². The predicted molar refractivity (Wildman–Crippen MR) is 64.1 cm³/mol. The molecule has 98 valence electrons. The number of hydrogen-bond donors (Lipinski definition) is 2. The van der Waals surface area contributed by atoms with Crippen molar-refractivity contribution in [2.24, 2.45) is 0 Å². The molecule has 1 aromatic rings. The summed E-state index contributed by atoms with van der Waals surface area (Å²) in [7, 11) is 0. The fourth-order valence-electron chi connectivity index (χ4n) is 2.12. The SMILES string of the molecule is O=C(O)c1cncnc1CN(CCO)C1CCC1. The van der Waals surface area contributed by atoms with Crippen LogP contribution in [0, 0.1) is 0 Å². The second-order valence-corrected chi connectivity index (χ2v) is 4.47. The summed E-state index contributed by atoms with van der Waals surface area (Å²) in [5, 5.41) is 18.1. The van der Waals surface area contributed by atoms with E-state index in [0.717, 1.165) is 12.8 Å². The Balaban J connectivity index is 2.12. The minimum absolute atomic E-state index is 0.0734. The third kappa shape index (κ3) is 2.83. The van der Waals surface area contributed by atoms with Gasteiger partial charge in [0.05, 0.1) is 12.3 Å². The van der Waals surface area contributed by atoms with Gasteiger partial charge in [-0.2, -0.15) is 0 Å². The molecule has 0 unspecified atom stereocenters. The number of rotatable bonds is 6. The van der Waals surface area contributed by atoms with Crippen molar-refractivity contribution in [3.05, 3.63) is 23.8 Å². The zero-order valence-electron chi connectivity index (χ0n) is 10.1. The first-order chi connectivity index (χ1) is 8.72. The van der Waals surface area contributed by atoms with Crippen LogP contribution in [-0.2, 0) is 6.54 Å². The highest BCUT2D eigenvalue weighted by Crippen LogP contribution is 2.26. The number of hydrogen-bond acceptors (Lipinski definition) is 5. The summed E-state index contributed by atoms with van der Waals surface area (Å²) >= 11 is 0. The number of aliphatic hydroxyl groups excluding tert-OH is 1. The van der Waals surface area contributed by atoms with Gasteiger partial charge in [-0.1, -0.05) is 6.42 Å². The van der Waals surface area contributed by atoms with Crippen molar-refractivity contribution in [2.45, 2.75) is 31.8 Å². The zero-order chi connectivity index (χ0) is 13.0. The fourth-order valence-corrected chi connectivity index (χ4v) is 2.12. The van der Waals surface area contributed by atoms with Gasteiger partial charge in [0.25, 0.3) is 0 Å². The van der Waals surface area contributed by atoms with E-state index in [-0.39, 0.29) is 12.2 Å². The largest absolute Gasteiger partial charge is 0.478 e. The second-order valence-electron chi connectivity index (χ2n) is 4.47. The molecule has 1 aliphatic rings. The van der Waals surface area contributed by atoms with Crippen LogP contribution in [0.5, 0.6) is 0 Å². The first-order valence-electron chi connectivity index (χ1n) is 6.09. The van der Waals surface area contributed by atoms with E-state index in [2.05, 4.69) is 14.9 Å². The van der Waals surface area contributed by atoms with Crippen molar-refractivity contribution >= 4 is 5.97 Å². The Morgan fingerprint density at radius 3 is 2.83 bits per heavy atom. The average molecular weight is 251 g/mol. The van der Waals surface area contributed by atoms with Crippen LogP contribution in [0.4, 0.5) is 0 Å². The Hall–Kier alpha value is -1.53. The van der Waals surface area contributed by atoms with E-state index in [1.807, 2.05) is 0 Å². The van der Waals surface area contributed by atoms with E-state index >= 15 is 0 Å². The van der Waals surface area contributed by atoms with Gasteiger partial charge < -0.3 is 10.2 Å². The zero-order valence-corrected chi connectivity index (χ0v) is 10.1. The molecule has 0 radical (unpaired) electrons. The number of aromatic nitrogens is 2. The Labute approximate surface area is 105 Å². The van der Waals surface area contributed by atoms with Gasteiger partial charge in [0, 0.05) is 25.3 Å². The molecule has 6 nitrogen and oxygen atoms in total. The summed E-state index contributed by atoms with van der Waals surface area (Å²) < 4.78 is 0. The summed E-state index contributed by atoms with van der Waals surface area (Å²) in [6, 6.07) is 0.439. The fraction of sp³-hybridized carbons (Fsp3) is 0.583. The van der Waals surface area contributed by atoms with Gasteiger partial charge in [0.1, 0.15) is 11.9 Å². The lowest BCUT2D eigenvalue weighted by Crippen LogP contribution is -2.41. The monoisotopic (exact) mass is 251 g/mol. The third-order valence-electron chi connectivity index (χ3n) is 3.36. The molecule has 0 saturated heterocycles. The molecule has 0 amide bonds. The van der Waals surface area contributed by atoms with Crippen molar-refractivity contribution < 1.29 is 15.0 Å². The van der Waals surface area contributed by atoms with Gasteiger partial charge in [-0.05, 0) is 12.8 Å². The molecule has 1 aliphatic carbocycles. The van der Waals surface area contributed by atoms with Crippen LogP contribution in [0.25, 0.3) is 0 Å². The van der Waals surface area contributed by atoms with Crippen LogP contribution in [-0.4, -0.2) is 50.2 Å². The van der Waals surface area contributed by atoms with Crippen LogP contribution in [0.1, 0.15) is 35.3 Å². The lowest BCUT2D eigenvalue weighted by molar-refractivity contribution is 0.0685. The van der Waals surface area contributed by atoms with Gasteiger partial charge >= 0.3 is 5.97 Å². The summed E-state index contributed by atoms with van der Waals surface area (Å²) in [4.78, 5) is 20.9. The maximum atomic E-state index is 11.1. The highest BCUT2D eigenvalue weighted by molar-refractivity contribution is 5.88. The van der Waals surface area contributed by atoms with Gasteiger partial charge in [-0.15, -0.1) is 0 Å². The molecular formula is C12H17N3O3. The summed E-state index contributed by atoms with van der Waals surface area (Å²) in [5.41, 5.74) is 0.651.